The van der Waals surface area contributed by atoms with Crippen molar-refractivity contribution in [3.63, 3.8) is 0 Å². The molecule has 0 radical (unpaired) electrons. The van der Waals surface area contributed by atoms with E-state index in [2.05, 4.69) is 24.4 Å². The van der Waals surface area contributed by atoms with Crippen LogP contribution >= 0.6 is 0 Å². The Bertz CT molecular complexity index is 604. The molecule has 0 saturated carbocycles. The maximum absolute atomic E-state index is 11.0. The number of carbonyl (C=O) groups is 1. The standard InChI is InChI=1S/C10H9NO2.C7H8.C2H6/c1-7-9(10(12)11-7)13-8-5-3-2-4-6-8;1-7-5-3-2-4-6-7;1-2/h2-6H,1H3,(H,11,12);2-6H,1H3;1-2H3. The highest BCUT2D eigenvalue weighted by Gasteiger charge is 2.25. The lowest BCUT2D eigenvalue weighted by atomic mass is 10.2. The first-order chi connectivity index (χ1) is 10.7. The quantitative estimate of drug-likeness (QED) is 0.889. The Hall–Kier alpha value is -2.55. The average molecular weight is 297 g/mol. The summed E-state index contributed by atoms with van der Waals surface area (Å²) in [5.41, 5.74) is 2.11. The van der Waals surface area contributed by atoms with Crippen molar-refractivity contribution in [1.82, 2.24) is 5.32 Å². The number of hydrogen-bond donors (Lipinski definition) is 1. The molecule has 0 unspecified atom stereocenters. The first kappa shape index (κ1) is 17.5. The Morgan fingerprint density at radius 1 is 0.818 bits per heavy atom. The molecule has 0 fully saturated rings. The van der Waals surface area contributed by atoms with E-state index in [-0.39, 0.29) is 5.91 Å². The Kier molecular flexibility index (Phi) is 7.48. The molecule has 3 nitrogen and oxygen atoms in total. The van der Waals surface area contributed by atoms with Crippen molar-refractivity contribution in [2.75, 3.05) is 0 Å². The number of benzene rings is 2. The summed E-state index contributed by atoms with van der Waals surface area (Å²) in [6, 6.07) is 19.5. The first-order valence-electron chi connectivity index (χ1n) is 7.43. The molecule has 3 rings (SSSR count). The van der Waals surface area contributed by atoms with Gasteiger partial charge in [-0.3, -0.25) is 4.79 Å². The zero-order valence-electron chi connectivity index (χ0n) is 13.6. The molecular formula is C19H23NO2. The van der Waals surface area contributed by atoms with Crippen LogP contribution in [0.15, 0.2) is 72.1 Å². The third-order valence-electron chi connectivity index (χ3n) is 2.75. The summed E-state index contributed by atoms with van der Waals surface area (Å²) in [4.78, 5) is 11.0. The van der Waals surface area contributed by atoms with E-state index in [9.17, 15) is 4.79 Å². The number of para-hydroxylation sites is 1. The number of nitrogens with one attached hydrogen (secondary N) is 1. The molecule has 1 heterocycles. The van der Waals surface area contributed by atoms with Gasteiger partial charge in [0, 0.05) is 0 Å². The van der Waals surface area contributed by atoms with Gasteiger partial charge < -0.3 is 10.1 Å². The highest BCUT2D eigenvalue weighted by atomic mass is 16.5. The lowest BCUT2D eigenvalue weighted by Gasteiger charge is -2.20. The van der Waals surface area contributed by atoms with Gasteiger partial charge in [-0.05, 0) is 26.0 Å². The zero-order valence-corrected chi connectivity index (χ0v) is 13.6. The summed E-state index contributed by atoms with van der Waals surface area (Å²) in [5.74, 6) is 0.944. The van der Waals surface area contributed by atoms with E-state index >= 15 is 0 Å². The van der Waals surface area contributed by atoms with Crippen LogP contribution < -0.4 is 10.1 Å². The normalized spacial score (nSPS) is 11.9. The van der Waals surface area contributed by atoms with Crippen LogP contribution in [0.1, 0.15) is 26.3 Å². The number of carbonyl (C=O) groups excluding carboxylic acids is 1. The van der Waals surface area contributed by atoms with Gasteiger partial charge in [-0.15, -0.1) is 0 Å². The number of rotatable bonds is 2. The summed E-state index contributed by atoms with van der Waals surface area (Å²) >= 11 is 0. The molecular weight excluding hydrogens is 274 g/mol. The molecule has 1 aliphatic rings. The third kappa shape index (κ3) is 5.44. The fourth-order valence-electron chi connectivity index (χ4n) is 1.66. The topological polar surface area (TPSA) is 38.3 Å². The van der Waals surface area contributed by atoms with Crippen LogP contribution in [0.5, 0.6) is 5.75 Å². The summed E-state index contributed by atoms with van der Waals surface area (Å²) in [6.07, 6.45) is 0. The van der Waals surface area contributed by atoms with Crippen molar-refractivity contribution in [3.05, 3.63) is 77.7 Å². The van der Waals surface area contributed by atoms with Crippen LogP contribution in [-0.4, -0.2) is 5.91 Å². The van der Waals surface area contributed by atoms with Gasteiger partial charge >= 0.3 is 0 Å². The second-order valence-corrected chi connectivity index (χ2v) is 4.48. The Balaban J connectivity index is 0.000000228. The van der Waals surface area contributed by atoms with Crippen LogP contribution in [0.4, 0.5) is 0 Å². The van der Waals surface area contributed by atoms with Gasteiger partial charge in [0.05, 0.1) is 5.70 Å². The van der Waals surface area contributed by atoms with E-state index in [1.165, 1.54) is 5.56 Å². The first-order valence-corrected chi connectivity index (χ1v) is 7.43. The molecule has 0 aromatic heterocycles. The van der Waals surface area contributed by atoms with Gasteiger partial charge in [0.2, 0.25) is 5.76 Å². The SMILES string of the molecule is CC.CC1=C(Oc2ccccc2)C(=O)N1.Cc1ccccc1. The van der Waals surface area contributed by atoms with Crippen LogP contribution in [0.25, 0.3) is 0 Å². The summed E-state index contributed by atoms with van der Waals surface area (Å²) in [5, 5.41) is 2.59. The van der Waals surface area contributed by atoms with Gasteiger partial charge in [-0.2, -0.15) is 0 Å². The van der Waals surface area contributed by atoms with E-state index < -0.39 is 0 Å². The van der Waals surface area contributed by atoms with Gasteiger partial charge in [-0.1, -0.05) is 67.9 Å². The molecule has 0 aliphatic carbocycles. The molecule has 0 bridgehead atoms. The number of ether oxygens (including phenoxy) is 1. The highest BCUT2D eigenvalue weighted by Crippen LogP contribution is 2.18. The molecule has 0 spiro atoms. The Labute approximate surface area is 132 Å². The predicted octanol–water partition coefficient (Wildman–Crippen LogP) is 4.45. The molecule has 116 valence electrons. The summed E-state index contributed by atoms with van der Waals surface area (Å²) in [7, 11) is 0. The van der Waals surface area contributed by atoms with Crippen molar-refractivity contribution in [3.8, 4) is 5.75 Å². The molecule has 1 amide bonds. The number of allylic oxidation sites excluding steroid dienone is 1. The zero-order chi connectivity index (χ0) is 16.4. The minimum Gasteiger partial charge on any atom is -0.450 e. The largest absolute Gasteiger partial charge is 0.450 e. The predicted molar refractivity (Wildman–Crippen MR) is 90.4 cm³/mol. The number of hydrogen-bond acceptors (Lipinski definition) is 2. The van der Waals surface area contributed by atoms with Gasteiger partial charge in [0.1, 0.15) is 5.75 Å². The van der Waals surface area contributed by atoms with Crippen molar-refractivity contribution >= 4 is 5.91 Å². The number of aryl methyl sites for hydroxylation is 1. The van der Waals surface area contributed by atoms with E-state index in [1.807, 2.05) is 62.4 Å². The average Bonchev–Trinajstić information content (AvgIpc) is 2.57. The van der Waals surface area contributed by atoms with Crippen molar-refractivity contribution in [2.45, 2.75) is 27.7 Å². The van der Waals surface area contributed by atoms with Crippen LogP contribution in [0.2, 0.25) is 0 Å². The minimum atomic E-state index is -0.152. The van der Waals surface area contributed by atoms with Crippen molar-refractivity contribution < 1.29 is 9.53 Å². The number of amides is 1. The summed E-state index contributed by atoms with van der Waals surface area (Å²) in [6.45, 7) is 7.89. The van der Waals surface area contributed by atoms with Crippen LogP contribution in [-0.2, 0) is 4.79 Å². The highest BCUT2D eigenvalue weighted by molar-refractivity contribution is 6.00. The fourth-order valence-corrected chi connectivity index (χ4v) is 1.66. The molecule has 3 heteroatoms. The van der Waals surface area contributed by atoms with Crippen LogP contribution in [0.3, 0.4) is 0 Å². The van der Waals surface area contributed by atoms with Gasteiger partial charge in [0.25, 0.3) is 5.91 Å². The molecule has 2 aromatic rings. The second kappa shape index (κ2) is 9.40. The van der Waals surface area contributed by atoms with Crippen molar-refractivity contribution in [1.29, 1.82) is 0 Å². The van der Waals surface area contributed by atoms with Crippen LogP contribution in [0, 0.1) is 6.92 Å². The Morgan fingerprint density at radius 2 is 1.32 bits per heavy atom. The van der Waals surface area contributed by atoms with E-state index in [4.69, 9.17) is 4.74 Å². The van der Waals surface area contributed by atoms with Gasteiger partial charge in [-0.25, -0.2) is 0 Å². The van der Waals surface area contributed by atoms with E-state index in [0.717, 1.165) is 5.70 Å². The maximum Gasteiger partial charge on any atom is 0.293 e. The maximum atomic E-state index is 11.0. The second-order valence-electron chi connectivity index (χ2n) is 4.48. The molecule has 0 atom stereocenters. The van der Waals surface area contributed by atoms with E-state index in [1.54, 1.807) is 6.92 Å². The van der Waals surface area contributed by atoms with Gasteiger partial charge in [0.15, 0.2) is 0 Å². The fraction of sp³-hybridized carbons (Fsp3) is 0.211. The van der Waals surface area contributed by atoms with Crippen molar-refractivity contribution in [2.24, 2.45) is 0 Å². The van der Waals surface area contributed by atoms with E-state index in [0.29, 0.717) is 11.5 Å². The summed E-state index contributed by atoms with van der Waals surface area (Å²) < 4.78 is 5.34. The smallest absolute Gasteiger partial charge is 0.293 e. The molecule has 0 saturated heterocycles. The molecule has 1 N–H and O–H groups in total. The Morgan fingerprint density at radius 3 is 1.68 bits per heavy atom. The molecule has 2 aromatic carbocycles. The lowest BCUT2D eigenvalue weighted by molar-refractivity contribution is -0.121. The monoisotopic (exact) mass is 297 g/mol. The molecule has 1 aliphatic heterocycles. The third-order valence-corrected chi connectivity index (χ3v) is 2.75. The lowest BCUT2D eigenvalue weighted by Crippen LogP contribution is -2.38. The minimum absolute atomic E-state index is 0.152. The molecule has 22 heavy (non-hydrogen) atoms.